The molecule has 0 saturated carbocycles. The molecular weight excluding hydrogens is 230 g/mol. The molecule has 0 atom stereocenters. The molecule has 1 aromatic heterocycles. The molecule has 0 aliphatic heterocycles. The van der Waals surface area contributed by atoms with Gasteiger partial charge in [0.2, 0.25) is 0 Å². The summed E-state index contributed by atoms with van der Waals surface area (Å²) in [4.78, 5) is 20.0. The van der Waals surface area contributed by atoms with E-state index in [0.717, 1.165) is 13.0 Å². The minimum atomic E-state index is -0.0743. The van der Waals surface area contributed by atoms with Gasteiger partial charge in [-0.2, -0.15) is 0 Å². The van der Waals surface area contributed by atoms with Gasteiger partial charge < -0.3 is 15.2 Å². The number of nitrogens with zero attached hydrogens (tertiary/aromatic N) is 3. The molecule has 1 heterocycles. The molecule has 1 amide bonds. The molecule has 6 heteroatoms. The van der Waals surface area contributed by atoms with Crippen molar-refractivity contribution in [1.82, 2.24) is 14.8 Å². The number of carbonyl (C=O) groups is 1. The number of hydrogen-bond donors (Lipinski definition) is 2. The lowest BCUT2D eigenvalue weighted by Gasteiger charge is -2.19. The number of nitrogen functional groups attached to an aromatic ring is 1. The smallest absolute Gasteiger partial charge is 0.257 e. The lowest BCUT2D eigenvalue weighted by atomic mass is 10.2. The summed E-state index contributed by atoms with van der Waals surface area (Å²) in [6.45, 7) is 1.66. The molecular formula is C12H21N5O. The Labute approximate surface area is 108 Å². The van der Waals surface area contributed by atoms with E-state index < -0.39 is 0 Å². The monoisotopic (exact) mass is 251 g/mol. The Morgan fingerprint density at radius 1 is 1.39 bits per heavy atom. The molecule has 0 aliphatic rings. The molecule has 0 fully saturated rings. The molecule has 0 unspecified atom stereocenters. The quantitative estimate of drug-likeness (QED) is 0.565. The third kappa shape index (κ3) is 3.97. The standard InChI is InChI=1S/C12H21N5O/c1-16(2)8-5-9-17(3)12(18)10-6-4-7-14-11(10)15-13/h4,6-7H,5,8-9,13H2,1-3H3,(H,14,15). The van der Waals surface area contributed by atoms with Gasteiger partial charge in [0.25, 0.3) is 5.91 Å². The predicted octanol–water partition coefficient (Wildman–Crippen LogP) is 0.391. The second kappa shape index (κ2) is 6.93. The van der Waals surface area contributed by atoms with Crippen LogP contribution in [-0.4, -0.2) is 54.9 Å². The molecule has 100 valence electrons. The van der Waals surface area contributed by atoms with E-state index in [1.54, 1.807) is 30.3 Å². The zero-order valence-electron chi connectivity index (χ0n) is 11.2. The Balaban J connectivity index is 2.62. The van der Waals surface area contributed by atoms with Crippen molar-refractivity contribution < 1.29 is 4.79 Å². The summed E-state index contributed by atoms with van der Waals surface area (Å²) in [5.41, 5.74) is 2.93. The van der Waals surface area contributed by atoms with E-state index in [0.29, 0.717) is 17.9 Å². The summed E-state index contributed by atoms with van der Waals surface area (Å²) in [6.07, 6.45) is 2.53. The molecule has 0 aromatic carbocycles. The average molecular weight is 251 g/mol. The number of carbonyl (C=O) groups excluding carboxylic acids is 1. The lowest BCUT2D eigenvalue weighted by molar-refractivity contribution is 0.0791. The van der Waals surface area contributed by atoms with E-state index in [4.69, 9.17) is 5.84 Å². The fourth-order valence-corrected chi connectivity index (χ4v) is 1.62. The highest BCUT2D eigenvalue weighted by molar-refractivity contribution is 5.98. The van der Waals surface area contributed by atoms with Gasteiger partial charge >= 0.3 is 0 Å². The maximum absolute atomic E-state index is 12.2. The Morgan fingerprint density at radius 3 is 2.72 bits per heavy atom. The number of amides is 1. The van der Waals surface area contributed by atoms with Gasteiger partial charge in [-0.3, -0.25) is 4.79 Å². The normalized spacial score (nSPS) is 10.5. The minimum Gasteiger partial charge on any atom is -0.342 e. The number of aromatic nitrogens is 1. The summed E-state index contributed by atoms with van der Waals surface area (Å²) in [5.74, 6) is 5.67. The van der Waals surface area contributed by atoms with Crippen molar-refractivity contribution in [3.8, 4) is 0 Å². The number of nitrogens with two attached hydrogens (primary N) is 1. The van der Waals surface area contributed by atoms with Crippen LogP contribution in [0.2, 0.25) is 0 Å². The maximum Gasteiger partial charge on any atom is 0.257 e. The van der Waals surface area contributed by atoms with Crippen molar-refractivity contribution in [3.63, 3.8) is 0 Å². The van der Waals surface area contributed by atoms with Crippen LogP contribution >= 0.6 is 0 Å². The summed E-state index contributed by atoms with van der Waals surface area (Å²) in [5, 5.41) is 0. The third-order valence-electron chi connectivity index (χ3n) is 2.62. The highest BCUT2D eigenvalue weighted by Crippen LogP contribution is 2.12. The van der Waals surface area contributed by atoms with E-state index in [1.165, 1.54) is 0 Å². The fraction of sp³-hybridized carbons (Fsp3) is 0.500. The molecule has 18 heavy (non-hydrogen) atoms. The first kappa shape index (κ1) is 14.4. The maximum atomic E-state index is 12.2. The van der Waals surface area contributed by atoms with Gasteiger partial charge in [0.1, 0.15) is 0 Å². The van der Waals surface area contributed by atoms with Crippen LogP contribution in [0.1, 0.15) is 16.8 Å². The van der Waals surface area contributed by atoms with Gasteiger partial charge in [-0.25, -0.2) is 10.8 Å². The van der Waals surface area contributed by atoms with E-state index in [9.17, 15) is 4.79 Å². The summed E-state index contributed by atoms with van der Waals surface area (Å²) in [7, 11) is 5.81. The van der Waals surface area contributed by atoms with E-state index in [-0.39, 0.29) is 5.91 Å². The first-order valence-electron chi connectivity index (χ1n) is 5.88. The second-order valence-electron chi connectivity index (χ2n) is 4.43. The van der Waals surface area contributed by atoms with Crippen molar-refractivity contribution in [2.75, 3.05) is 39.7 Å². The Kier molecular flexibility index (Phi) is 5.54. The first-order chi connectivity index (χ1) is 8.56. The van der Waals surface area contributed by atoms with Crippen LogP contribution in [0.3, 0.4) is 0 Å². The van der Waals surface area contributed by atoms with Gasteiger partial charge in [-0.1, -0.05) is 0 Å². The number of anilines is 1. The first-order valence-corrected chi connectivity index (χ1v) is 5.88. The molecule has 0 bridgehead atoms. The van der Waals surface area contributed by atoms with Crippen molar-refractivity contribution in [2.24, 2.45) is 5.84 Å². The van der Waals surface area contributed by atoms with Crippen LogP contribution in [0, 0.1) is 0 Å². The molecule has 6 nitrogen and oxygen atoms in total. The predicted molar refractivity (Wildman–Crippen MR) is 72.2 cm³/mol. The summed E-state index contributed by atoms with van der Waals surface area (Å²) < 4.78 is 0. The van der Waals surface area contributed by atoms with E-state index >= 15 is 0 Å². The number of nitrogens with one attached hydrogen (secondary N) is 1. The van der Waals surface area contributed by atoms with Crippen molar-refractivity contribution in [1.29, 1.82) is 0 Å². The van der Waals surface area contributed by atoms with Gasteiger partial charge in [-0.15, -0.1) is 0 Å². The van der Waals surface area contributed by atoms with Gasteiger partial charge in [0, 0.05) is 19.8 Å². The molecule has 1 rings (SSSR count). The Morgan fingerprint density at radius 2 is 2.11 bits per heavy atom. The van der Waals surface area contributed by atoms with E-state index in [1.807, 2.05) is 14.1 Å². The average Bonchev–Trinajstić information content (AvgIpc) is 2.37. The Hall–Kier alpha value is -1.66. The fourth-order valence-electron chi connectivity index (χ4n) is 1.62. The van der Waals surface area contributed by atoms with Crippen molar-refractivity contribution >= 4 is 11.7 Å². The highest BCUT2D eigenvalue weighted by Gasteiger charge is 2.15. The molecule has 0 saturated heterocycles. The molecule has 0 spiro atoms. The topological polar surface area (TPSA) is 74.5 Å². The number of pyridine rings is 1. The molecule has 0 aliphatic carbocycles. The van der Waals surface area contributed by atoms with Crippen LogP contribution < -0.4 is 11.3 Å². The zero-order valence-corrected chi connectivity index (χ0v) is 11.2. The van der Waals surface area contributed by atoms with Crippen LogP contribution in [0.25, 0.3) is 0 Å². The van der Waals surface area contributed by atoms with Crippen LogP contribution in [-0.2, 0) is 0 Å². The molecule has 0 radical (unpaired) electrons. The summed E-state index contributed by atoms with van der Waals surface area (Å²) >= 11 is 0. The SMILES string of the molecule is CN(C)CCCN(C)C(=O)c1cccnc1NN. The largest absolute Gasteiger partial charge is 0.342 e. The minimum absolute atomic E-state index is 0.0743. The van der Waals surface area contributed by atoms with Crippen LogP contribution in [0.5, 0.6) is 0 Å². The van der Waals surface area contributed by atoms with Crippen LogP contribution in [0.4, 0.5) is 5.82 Å². The van der Waals surface area contributed by atoms with Crippen molar-refractivity contribution in [2.45, 2.75) is 6.42 Å². The highest BCUT2D eigenvalue weighted by atomic mass is 16.2. The lowest BCUT2D eigenvalue weighted by Crippen LogP contribution is -2.30. The van der Waals surface area contributed by atoms with Gasteiger partial charge in [0.05, 0.1) is 5.56 Å². The van der Waals surface area contributed by atoms with Crippen LogP contribution in [0.15, 0.2) is 18.3 Å². The summed E-state index contributed by atoms with van der Waals surface area (Å²) in [6, 6.07) is 3.44. The third-order valence-corrected chi connectivity index (χ3v) is 2.62. The van der Waals surface area contributed by atoms with Gasteiger partial charge in [-0.05, 0) is 39.2 Å². The zero-order chi connectivity index (χ0) is 13.5. The van der Waals surface area contributed by atoms with Crippen molar-refractivity contribution in [3.05, 3.63) is 23.9 Å². The van der Waals surface area contributed by atoms with E-state index in [2.05, 4.69) is 15.3 Å². The molecule has 3 N–H and O–H groups in total. The Bertz CT molecular complexity index is 394. The van der Waals surface area contributed by atoms with Gasteiger partial charge in [0.15, 0.2) is 5.82 Å². The number of hydrazine groups is 1. The number of hydrogen-bond acceptors (Lipinski definition) is 5. The second-order valence-corrected chi connectivity index (χ2v) is 4.43. The molecule has 1 aromatic rings. The number of rotatable bonds is 6.